The van der Waals surface area contributed by atoms with Crippen molar-refractivity contribution < 1.29 is 4.79 Å². The smallest absolute Gasteiger partial charge is 0.156 e. The van der Waals surface area contributed by atoms with Crippen LogP contribution in [0.1, 0.15) is 75.3 Å². The first-order valence-corrected chi connectivity index (χ1v) is 10.8. The minimum absolute atomic E-state index is 0.363. The molecule has 0 radical (unpaired) electrons. The van der Waals surface area contributed by atoms with Crippen LogP contribution < -0.4 is 0 Å². The minimum Gasteiger partial charge on any atom is -0.295 e. The van der Waals surface area contributed by atoms with Crippen LogP contribution in [-0.2, 0) is 4.79 Å². The van der Waals surface area contributed by atoms with E-state index in [-0.39, 0.29) is 0 Å². The fourth-order valence-corrected chi connectivity index (χ4v) is 7.42. The molecule has 4 aliphatic rings. The summed E-state index contributed by atoms with van der Waals surface area (Å²) in [7, 11) is 0. The topological polar surface area (TPSA) is 17.1 Å². The van der Waals surface area contributed by atoms with Crippen LogP contribution in [-0.4, -0.2) is 5.78 Å². The quantitative estimate of drug-likeness (QED) is 0.589. The summed E-state index contributed by atoms with van der Waals surface area (Å²) in [6, 6.07) is 9.05. The molecule has 0 aliphatic heterocycles. The number of benzene rings is 1. The zero-order valence-corrected chi connectivity index (χ0v) is 16.3. The number of carbonyl (C=O) groups is 1. The van der Waals surface area contributed by atoms with Crippen molar-refractivity contribution in [2.45, 2.75) is 71.1 Å². The molecule has 0 spiro atoms. The number of aryl methyl sites for hydroxylation is 1. The fourth-order valence-electron chi connectivity index (χ4n) is 7.42. The molecule has 3 fully saturated rings. The summed E-state index contributed by atoms with van der Waals surface area (Å²) >= 11 is 0. The molecule has 5 rings (SSSR count). The molecular weight excluding hydrogens is 316 g/mol. The van der Waals surface area contributed by atoms with Crippen LogP contribution in [0, 0.1) is 36.0 Å². The predicted molar refractivity (Wildman–Crippen MR) is 106 cm³/mol. The van der Waals surface area contributed by atoms with Crippen molar-refractivity contribution in [3.8, 4) is 0 Å². The van der Waals surface area contributed by atoms with Gasteiger partial charge in [-0.2, -0.15) is 0 Å². The molecule has 4 aliphatic carbocycles. The minimum atomic E-state index is 0.363. The van der Waals surface area contributed by atoms with Crippen molar-refractivity contribution >= 4 is 5.78 Å². The van der Waals surface area contributed by atoms with Crippen LogP contribution in [0.3, 0.4) is 0 Å². The lowest BCUT2D eigenvalue weighted by Crippen LogP contribution is -2.46. The van der Waals surface area contributed by atoms with Crippen LogP contribution >= 0.6 is 0 Å². The SMILES string of the molecule is Cc1ccc(C2CC(=O)C=C3CC[C@@H]4[C@H](CC[C@]5(C)CCC[C@@H]45)[C@H]32)cc1. The molecule has 1 aromatic carbocycles. The Morgan fingerprint density at radius 3 is 2.62 bits per heavy atom. The molecule has 3 saturated carbocycles. The Morgan fingerprint density at radius 2 is 1.81 bits per heavy atom. The van der Waals surface area contributed by atoms with Crippen molar-refractivity contribution in [1.29, 1.82) is 0 Å². The third kappa shape index (κ3) is 2.53. The maximum Gasteiger partial charge on any atom is 0.156 e. The first-order valence-electron chi connectivity index (χ1n) is 10.8. The molecular formula is C25H32O. The van der Waals surface area contributed by atoms with E-state index < -0.39 is 0 Å². The van der Waals surface area contributed by atoms with E-state index >= 15 is 0 Å². The maximum atomic E-state index is 12.5. The highest BCUT2D eigenvalue weighted by Crippen LogP contribution is 2.63. The van der Waals surface area contributed by atoms with Crippen molar-refractivity contribution in [2.75, 3.05) is 0 Å². The van der Waals surface area contributed by atoms with Gasteiger partial charge in [0.25, 0.3) is 0 Å². The van der Waals surface area contributed by atoms with E-state index in [0.29, 0.717) is 23.0 Å². The van der Waals surface area contributed by atoms with E-state index in [1.54, 1.807) is 0 Å². The van der Waals surface area contributed by atoms with Gasteiger partial charge in [0.1, 0.15) is 0 Å². The van der Waals surface area contributed by atoms with Gasteiger partial charge in [0.15, 0.2) is 5.78 Å². The second-order valence-electron chi connectivity index (χ2n) is 9.99. The van der Waals surface area contributed by atoms with Crippen LogP contribution in [0.15, 0.2) is 35.9 Å². The van der Waals surface area contributed by atoms with Gasteiger partial charge in [-0.1, -0.05) is 48.7 Å². The van der Waals surface area contributed by atoms with Crippen LogP contribution in [0.2, 0.25) is 0 Å². The second-order valence-corrected chi connectivity index (χ2v) is 9.99. The largest absolute Gasteiger partial charge is 0.295 e. The van der Waals surface area contributed by atoms with Crippen molar-refractivity contribution in [3.63, 3.8) is 0 Å². The number of rotatable bonds is 1. The van der Waals surface area contributed by atoms with Crippen molar-refractivity contribution in [2.24, 2.45) is 29.1 Å². The normalized spacial score (nSPS) is 41.8. The van der Waals surface area contributed by atoms with E-state index in [9.17, 15) is 4.79 Å². The average molecular weight is 349 g/mol. The summed E-state index contributed by atoms with van der Waals surface area (Å²) in [5.74, 6) is 4.06. The first-order chi connectivity index (χ1) is 12.5. The average Bonchev–Trinajstić information content (AvgIpc) is 3.03. The Morgan fingerprint density at radius 1 is 1.00 bits per heavy atom. The second kappa shape index (κ2) is 6.08. The van der Waals surface area contributed by atoms with Crippen LogP contribution in [0.25, 0.3) is 0 Å². The first kappa shape index (κ1) is 16.8. The third-order valence-corrected chi connectivity index (χ3v) is 8.64. The highest BCUT2D eigenvalue weighted by molar-refractivity contribution is 5.92. The number of hydrogen-bond donors (Lipinski definition) is 0. The third-order valence-electron chi connectivity index (χ3n) is 8.64. The van der Waals surface area contributed by atoms with Gasteiger partial charge in [0, 0.05) is 6.42 Å². The Kier molecular flexibility index (Phi) is 3.92. The maximum absolute atomic E-state index is 12.5. The van der Waals surface area contributed by atoms with E-state index in [2.05, 4.69) is 38.1 Å². The molecule has 0 N–H and O–H groups in total. The van der Waals surface area contributed by atoms with Gasteiger partial charge < -0.3 is 0 Å². The summed E-state index contributed by atoms with van der Waals surface area (Å²) in [6.07, 6.45) is 12.4. The summed E-state index contributed by atoms with van der Waals surface area (Å²) in [5, 5.41) is 0. The monoisotopic (exact) mass is 348 g/mol. The summed E-state index contributed by atoms with van der Waals surface area (Å²) in [5.41, 5.74) is 4.83. The van der Waals surface area contributed by atoms with Crippen molar-refractivity contribution in [3.05, 3.63) is 47.0 Å². The molecule has 0 bridgehead atoms. The molecule has 0 amide bonds. The summed E-state index contributed by atoms with van der Waals surface area (Å²) < 4.78 is 0. The molecule has 1 aromatic rings. The number of fused-ring (bicyclic) bond motifs is 5. The lowest BCUT2D eigenvalue weighted by Gasteiger charge is -2.54. The Balaban J connectivity index is 1.52. The molecule has 26 heavy (non-hydrogen) atoms. The molecule has 1 unspecified atom stereocenters. The Hall–Kier alpha value is -1.37. The van der Waals surface area contributed by atoms with Gasteiger partial charge in [0.05, 0.1) is 0 Å². The van der Waals surface area contributed by atoms with Gasteiger partial charge in [-0.25, -0.2) is 0 Å². The predicted octanol–water partition coefficient (Wildman–Crippen LogP) is 6.22. The zero-order valence-electron chi connectivity index (χ0n) is 16.3. The van der Waals surface area contributed by atoms with Gasteiger partial charge in [-0.15, -0.1) is 0 Å². The number of allylic oxidation sites excluding steroid dienone is 1. The molecule has 0 saturated heterocycles. The number of ketones is 1. The fraction of sp³-hybridized carbons (Fsp3) is 0.640. The van der Waals surface area contributed by atoms with Crippen molar-refractivity contribution in [1.82, 2.24) is 0 Å². The summed E-state index contributed by atoms with van der Waals surface area (Å²) in [4.78, 5) is 12.5. The molecule has 0 aromatic heterocycles. The lowest BCUT2D eigenvalue weighted by molar-refractivity contribution is -0.116. The van der Waals surface area contributed by atoms with Gasteiger partial charge in [-0.3, -0.25) is 4.79 Å². The summed E-state index contributed by atoms with van der Waals surface area (Å²) in [6.45, 7) is 4.73. The highest BCUT2D eigenvalue weighted by atomic mass is 16.1. The van der Waals surface area contributed by atoms with E-state index in [1.807, 2.05) is 6.08 Å². The van der Waals surface area contributed by atoms with E-state index in [0.717, 1.165) is 24.2 Å². The number of carbonyl (C=O) groups excluding carboxylic acids is 1. The van der Waals surface area contributed by atoms with Crippen LogP contribution in [0.5, 0.6) is 0 Å². The Bertz CT molecular complexity index is 742. The molecule has 6 atom stereocenters. The molecule has 1 heteroatoms. The lowest BCUT2D eigenvalue weighted by atomic mass is 9.50. The molecule has 138 valence electrons. The van der Waals surface area contributed by atoms with E-state index in [1.165, 1.54) is 61.6 Å². The molecule has 1 nitrogen and oxygen atoms in total. The van der Waals surface area contributed by atoms with Crippen LogP contribution in [0.4, 0.5) is 0 Å². The van der Waals surface area contributed by atoms with Gasteiger partial charge >= 0.3 is 0 Å². The highest BCUT2D eigenvalue weighted by Gasteiger charge is 2.54. The molecule has 0 heterocycles. The van der Waals surface area contributed by atoms with Gasteiger partial charge in [-0.05, 0) is 92.1 Å². The number of hydrogen-bond acceptors (Lipinski definition) is 1. The van der Waals surface area contributed by atoms with Gasteiger partial charge in [0.2, 0.25) is 0 Å². The Labute approximate surface area is 158 Å². The van der Waals surface area contributed by atoms with E-state index in [4.69, 9.17) is 0 Å². The zero-order chi connectivity index (χ0) is 17.9. The standard InChI is InChI=1S/C25H32O/c1-16-5-7-17(8-6-16)22-15-19(26)14-18-9-10-20-21(24(18)22)11-13-25(2)12-3-4-23(20)25/h5-8,14,20-24H,3-4,9-13,15H2,1-2H3/t20-,21+,22?,23+,24+,25+/m1/s1.